The first-order chi connectivity index (χ1) is 7.92. The maximum absolute atomic E-state index is 4.02. The molecule has 1 aromatic rings. The number of aromatic amines is 1. The van der Waals surface area contributed by atoms with E-state index in [4.69, 9.17) is 0 Å². The Balaban J connectivity index is 1.57. The lowest BCUT2D eigenvalue weighted by Gasteiger charge is -2.24. The zero-order chi connectivity index (χ0) is 10.8. The molecule has 2 heterocycles. The van der Waals surface area contributed by atoms with Crippen LogP contribution in [0.3, 0.4) is 0 Å². The minimum Gasteiger partial charge on any atom is -0.313 e. The van der Waals surface area contributed by atoms with E-state index in [0.717, 1.165) is 12.6 Å². The molecule has 3 rings (SSSR count). The van der Waals surface area contributed by atoms with Crippen molar-refractivity contribution in [2.75, 3.05) is 13.1 Å². The molecule has 0 unspecified atom stereocenters. The molecule has 2 N–H and O–H groups in total. The molecule has 2 fully saturated rings. The van der Waals surface area contributed by atoms with Crippen molar-refractivity contribution < 1.29 is 0 Å². The number of hydrogen-bond donors (Lipinski definition) is 2. The van der Waals surface area contributed by atoms with E-state index in [0.29, 0.717) is 6.04 Å². The van der Waals surface area contributed by atoms with Crippen molar-refractivity contribution in [2.24, 2.45) is 0 Å². The van der Waals surface area contributed by atoms with Crippen LogP contribution in [-0.4, -0.2) is 40.3 Å². The highest BCUT2D eigenvalue weighted by atomic mass is 15.2. The monoisotopic (exact) mass is 220 g/mol. The van der Waals surface area contributed by atoms with Gasteiger partial charge in [0.25, 0.3) is 0 Å². The van der Waals surface area contributed by atoms with Crippen LogP contribution in [0.2, 0.25) is 0 Å². The molecular weight excluding hydrogens is 200 g/mol. The van der Waals surface area contributed by atoms with E-state index in [2.05, 4.69) is 26.5 Å². The van der Waals surface area contributed by atoms with Gasteiger partial charge in [-0.05, 0) is 38.3 Å². The Labute approximate surface area is 96.4 Å². The third-order valence-corrected chi connectivity index (χ3v) is 3.61. The number of rotatable bonds is 5. The quantitative estimate of drug-likeness (QED) is 0.781. The smallest absolute Gasteiger partial charge is 0.0492 e. The number of aromatic nitrogens is 2. The lowest BCUT2D eigenvalue weighted by Crippen LogP contribution is -2.38. The second-order valence-electron chi connectivity index (χ2n) is 5.04. The Bertz CT molecular complexity index is 312. The normalized spacial score (nSPS) is 25.4. The van der Waals surface area contributed by atoms with Crippen molar-refractivity contribution in [2.45, 2.75) is 44.3 Å². The summed E-state index contributed by atoms with van der Waals surface area (Å²) >= 11 is 0. The van der Waals surface area contributed by atoms with Crippen LogP contribution in [0.1, 0.15) is 31.4 Å². The lowest BCUT2D eigenvalue weighted by atomic mass is 10.2. The predicted octanol–water partition coefficient (Wildman–Crippen LogP) is 1.13. The maximum atomic E-state index is 4.02. The molecule has 0 aromatic carbocycles. The van der Waals surface area contributed by atoms with E-state index in [9.17, 15) is 0 Å². The van der Waals surface area contributed by atoms with Gasteiger partial charge in [0.05, 0.1) is 0 Å². The third kappa shape index (κ3) is 2.44. The average Bonchev–Trinajstić information content (AvgIpc) is 2.79. The van der Waals surface area contributed by atoms with Crippen molar-refractivity contribution in [3.05, 3.63) is 18.0 Å². The Morgan fingerprint density at radius 3 is 2.94 bits per heavy atom. The molecule has 88 valence electrons. The minimum atomic E-state index is 0.712. The van der Waals surface area contributed by atoms with E-state index < -0.39 is 0 Å². The second-order valence-corrected chi connectivity index (χ2v) is 5.04. The molecule has 1 saturated carbocycles. The van der Waals surface area contributed by atoms with Crippen LogP contribution in [-0.2, 0) is 6.54 Å². The fourth-order valence-corrected chi connectivity index (χ4v) is 2.57. The molecule has 0 bridgehead atoms. The summed E-state index contributed by atoms with van der Waals surface area (Å²) in [7, 11) is 0. The summed E-state index contributed by atoms with van der Waals surface area (Å²) < 4.78 is 0. The van der Waals surface area contributed by atoms with Gasteiger partial charge in [0.15, 0.2) is 0 Å². The van der Waals surface area contributed by atoms with Gasteiger partial charge in [0, 0.05) is 37.1 Å². The van der Waals surface area contributed by atoms with Crippen LogP contribution < -0.4 is 5.32 Å². The molecule has 1 atom stereocenters. The van der Waals surface area contributed by atoms with Crippen molar-refractivity contribution in [1.82, 2.24) is 20.4 Å². The predicted molar refractivity (Wildman–Crippen MR) is 63.0 cm³/mol. The van der Waals surface area contributed by atoms with Gasteiger partial charge in [-0.2, -0.15) is 5.10 Å². The summed E-state index contributed by atoms with van der Waals surface area (Å²) in [5.74, 6) is 0. The maximum Gasteiger partial charge on any atom is 0.0492 e. The SMILES string of the molecule is c1cc(CN(C[C@@H]2CCCN2)C2CC2)[nH]n1. The highest BCUT2D eigenvalue weighted by Gasteiger charge is 2.31. The van der Waals surface area contributed by atoms with Gasteiger partial charge < -0.3 is 5.32 Å². The van der Waals surface area contributed by atoms with E-state index >= 15 is 0 Å². The van der Waals surface area contributed by atoms with Crippen LogP contribution in [0, 0.1) is 0 Å². The third-order valence-electron chi connectivity index (χ3n) is 3.61. The minimum absolute atomic E-state index is 0.712. The Hall–Kier alpha value is -0.870. The summed E-state index contributed by atoms with van der Waals surface area (Å²) in [4.78, 5) is 2.61. The lowest BCUT2D eigenvalue weighted by molar-refractivity contribution is 0.228. The van der Waals surface area contributed by atoms with E-state index in [1.165, 1.54) is 44.5 Å². The highest BCUT2D eigenvalue weighted by Crippen LogP contribution is 2.28. The first-order valence-electron chi connectivity index (χ1n) is 6.37. The van der Waals surface area contributed by atoms with Gasteiger partial charge in [-0.3, -0.25) is 10.00 Å². The molecule has 1 saturated heterocycles. The van der Waals surface area contributed by atoms with Gasteiger partial charge >= 0.3 is 0 Å². The van der Waals surface area contributed by atoms with Crippen LogP contribution in [0.15, 0.2) is 12.3 Å². The fraction of sp³-hybridized carbons (Fsp3) is 0.750. The van der Waals surface area contributed by atoms with Crippen molar-refractivity contribution in [1.29, 1.82) is 0 Å². The molecule has 4 nitrogen and oxygen atoms in total. The van der Waals surface area contributed by atoms with Crippen molar-refractivity contribution >= 4 is 0 Å². The summed E-state index contributed by atoms with van der Waals surface area (Å²) in [6, 6.07) is 3.62. The number of H-pyrrole nitrogens is 1. The van der Waals surface area contributed by atoms with Gasteiger partial charge in [-0.1, -0.05) is 0 Å². The number of hydrogen-bond acceptors (Lipinski definition) is 3. The van der Waals surface area contributed by atoms with Gasteiger partial charge in [0.2, 0.25) is 0 Å². The molecule has 1 aliphatic carbocycles. The zero-order valence-electron chi connectivity index (χ0n) is 9.65. The molecule has 16 heavy (non-hydrogen) atoms. The standard InChI is InChI=1S/C12H20N4/c1-2-10(13-6-1)8-16(12-3-4-12)9-11-5-7-14-15-11/h5,7,10,12-13H,1-4,6,8-9H2,(H,14,15)/t10-/m0/s1. The van der Waals surface area contributed by atoms with Crippen LogP contribution >= 0.6 is 0 Å². The second kappa shape index (κ2) is 4.55. The largest absolute Gasteiger partial charge is 0.313 e. The van der Waals surface area contributed by atoms with Gasteiger partial charge in [-0.15, -0.1) is 0 Å². The first kappa shape index (κ1) is 10.3. The Morgan fingerprint density at radius 1 is 1.38 bits per heavy atom. The number of nitrogens with one attached hydrogen (secondary N) is 2. The van der Waals surface area contributed by atoms with Crippen LogP contribution in [0.25, 0.3) is 0 Å². The van der Waals surface area contributed by atoms with E-state index in [1.807, 2.05) is 6.20 Å². The molecule has 1 aromatic heterocycles. The zero-order valence-corrected chi connectivity index (χ0v) is 9.65. The van der Waals surface area contributed by atoms with E-state index in [-0.39, 0.29) is 0 Å². The number of nitrogens with zero attached hydrogens (tertiary/aromatic N) is 2. The molecule has 0 spiro atoms. The van der Waals surface area contributed by atoms with E-state index in [1.54, 1.807) is 0 Å². The molecule has 0 amide bonds. The molecule has 4 heteroatoms. The highest BCUT2D eigenvalue weighted by molar-refractivity contribution is 5.00. The first-order valence-corrected chi connectivity index (χ1v) is 6.37. The molecule has 0 radical (unpaired) electrons. The van der Waals surface area contributed by atoms with Crippen molar-refractivity contribution in [3.63, 3.8) is 0 Å². The molecular formula is C12H20N4. The van der Waals surface area contributed by atoms with Gasteiger partial charge in [0.1, 0.15) is 0 Å². The molecule has 2 aliphatic rings. The molecule has 1 aliphatic heterocycles. The summed E-state index contributed by atoms with van der Waals surface area (Å²) in [6.45, 7) is 3.43. The topological polar surface area (TPSA) is 44.0 Å². The fourth-order valence-electron chi connectivity index (χ4n) is 2.57. The van der Waals surface area contributed by atoms with Crippen molar-refractivity contribution in [3.8, 4) is 0 Å². The summed E-state index contributed by atoms with van der Waals surface area (Å²) in [5.41, 5.74) is 1.24. The van der Waals surface area contributed by atoms with Gasteiger partial charge in [-0.25, -0.2) is 0 Å². The van der Waals surface area contributed by atoms with Crippen LogP contribution in [0.5, 0.6) is 0 Å². The summed E-state index contributed by atoms with van der Waals surface area (Å²) in [5, 5.41) is 10.7. The summed E-state index contributed by atoms with van der Waals surface area (Å²) in [6.07, 6.45) is 7.27. The van der Waals surface area contributed by atoms with Crippen LogP contribution in [0.4, 0.5) is 0 Å². The Morgan fingerprint density at radius 2 is 2.31 bits per heavy atom. The Kier molecular flexibility index (Phi) is 2.93. The average molecular weight is 220 g/mol.